The number of piperazine rings is 1. The van der Waals surface area contributed by atoms with Crippen LogP contribution in [-0.4, -0.2) is 65.8 Å². The van der Waals surface area contributed by atoms with Crippen molar-refractivity contribution in [3.05, 3.63) is 53.2 Å². The summed E-state index contributed by atoms with van der Waals surface area (Å²) in [7, 11) is 0. The van der Waals surface area contributed by atoms with E-state index in [9.17, 15) is 4.79 Å². The molecule has 1 saturated heterocycles. The van der Waals surface area contributed by atoms with Gasteiger partial charge in [-0.15, -0.1) is 0 Å². The Labute approximate surface area is 206 Å². The molecule has 0 saturated carbocycles. The molecule has 1 aromatic carbocycles. The summed E-state index contributed by atoms with van der Waals surface area (Å²) in [6.07, 6.45) is 8.97. The van der Waals surface area contributed by atoms with E-state index in [4.69, 9.17) is 11.6 Å². The zero-order valence-electron chi connectivity index (χ0n) is 19.4. The number of aromatic nitrogens is 2. The lowest BCUT2D eigenvalue weighted by Gasteiger charge is -2.35. The van der Waals surface area contributed by atoms with Crippen LogP contribution in [0.15, 0.2) is 47.6 Å². The maximum atomic E-state index is 12.1. The van der Waals surface area contributed by atoms with E-state index in [1.54, 1.807) is 0 Å². The van der Waals surface area contributed by atoms with E-state index in [0.717, 1.165) is 57.9 Å². The molecule has 1 aliphatic heterocycles. The van der Waals surface area contributed by atoms with Gasteiger partial charge in [0.1, 0.15) is 11.0 Å². The molecular weight excluding hydrogens is 454 g/mol. The van der Waals surface area contributed by atoms with Crippen molar-refractivity contribution in [1.82, 2.24) is 20.2 Å². The molecule has 8 heteroatoms. The van der Waals surface area contributed by atoms with Gasteiger partial charge in [-0.1, -0.05) is 92.0 Å². The maximum Gasteiger partial charge on any atom is 0.230 e. The molecule has 1 aromatic heterocycles. The fraction of sp³-hybridized carbons (Fsp3) is 0.480. The van der Waals surface area contributed by atoms with Crippen LogP contribution in [0, 0.1) is 0 Å². The van der Waals surface area contributed by atoms with Gasteiger partial charge < -0.3 is 10.2 Å². The highest BCUT2D eigenvalue weighted by atomic mass is 35.5. The summed E-state index contributed by atoms with van der Waals surface area (Å²) in [5.41, 5.74) is 1.22. The molecular formula is C25H34ClN5OS. The van der Waals surface area contributed by atoms with Crippen LogP contribution in [-0.2, 0) is 4.79 Å². The zero-order valence-corrected chi connectivity index (χ0v) is 21.0. The quantitative estimate of drug-likeness (QED) is 0.202. The van der Waals surface area contributed by atoms with Gasteiger partial charge in [0.05, 0.1) is 5.75 Å². The number of amides is 1. The van der Waals surface area contributed by atoms with E-state index in [0.29, 0.717) is 16.1 Å². The predicted octanol–water partition coefficient (Wildman–Crippen LogP) is 4.75. The Balaban J connectivity index is 1.43. The van der Waals surface area contributed by atoms with Gasteiger partial charge in [-0.25, -0.2) is 9.97 Å². The molecule has 1 fully saturated rings. The molecule has 178 valence electrons. The second-order valence-corrected chi connectivity index (χ2v) is 9.46. The summed E-state index contributed by atoms with van der Waals surface area (Å²) in [5, 5.41) is 3.93. The van der Waals surface area contributed by atoms with E-state index >= 15 is 0 Å². The normalized spacial score (nSPS) is 14.7. The molecule has 3 rings (SSSR count). The third-order valence-electron chi connectivity index (χ3n) is 5.52. The van der Waals surface area contributed by atoms with Crippen LogP contribution in [0.1, 0.15) is 38.2 Å². The van der Waals surface area contributed by atoms with Crippen molar-refractivity contribution in [3.8, 4) is 0 Å². The highest BCUT2D eigenvalue weighted by Gasteiger charge is 2.19. The Morgan fingerprint density at radius 3 is 2.67 bits per heavy atom. The van der Waals surface area contributed by atoms with Crippen molar-refractivity contribution in [2.75, 3.05) is 49.9 Å². The first-order valence-corrected chi connectivity index (χ1v) is 13.1. The molecule has 0 unspecified atom stereocenters. The molecule has 1 amide bonds. The largest absolute Gasteiger partial charge is 0.355 e. The molecule has 2 aromatic rings. The van der Waals surface area contributed by atoms with Crippen molar-refractivity contribution in [3.63, 3.8) is 0 Å². The fourth-order valence-corrected chi connectivity index (χ4v) is 4.55. The van der Waals surface area contributed by atoms with Gasteiger partial charge in [0.2, 0.25) is 5.91 Å². The lowest BCUT2D eigenvalue weighted by atomic mass is 10.2. The second kappa shape index (κ2) is 14.2. The Bertz CT molecular complexity index is 888. The van der Waals surface area contributed by atoms with E-state index in [-0.39, 0.29) is 5.91 Å². The minimum absolute atomic E-state index is 0.0128. The Hall–Kier alpha value is -2.09. The second-order valence-electron chi connectivity index (χ2n) is 8.13. The predicted molar refractivity (Wildman–Crippen MR) is 139 cm³/mol. The Kier molecular flexibility index (Phi) is 11.0. The number of nitrogens with one attached hydrogen (secondary N) is 1. The molecule has 2 heterocycles. The van der Waals surface area contributed by atoms with Crippen molar-refractivity contribution < 1.29 is 4.79 Å². The Morgan fingerprint density at radius 2 is 1.91 bits per heavy atom. The van der Waals surface area contributed by atoms with Gasteiger partial charge >= 0.3 is 0 Å². The SMILES string of the molecule is CCCCCCNC(=O)CSc1nc(Cl)cc(N2CCN(CC=Cc3ccccc3)CC2)n1. The summed E-state index contributed by atoms with van der Waals surface area (Å²) in [6, 6.07) is 12.2. The number of hydrogen-bond donors (Lipinski definition) is 1. The number of carbonyl (C=O) groups is 1. The number of thioether (sulfide) groups is 1. The monoisotopic (exact) mass is 487 g/mol. The fourth-order valence-electron chi connectivity index (χ4n) is 3.63. The van der Waals surface area contributed by atoms with Crippen LogP contribution in [0.5, 0.6) is 0 Å². The van der Waals surface area contributed by atoms with Crippen LogP contribution < -0.4 is 10.2 Å². The van der Waals surface area contributed by atoms with E-state index < -0.39 is 0 Å². The minimum Gasteiger partial charge on any atom is -0.355 e. The first kappa shape index (κ1) is 25.5. The summed E-state index contributed by atoms with van der Waals surface area (Å²) < 4.78 is 0. The van der Waals surface area contributed by atoms with E-state index in [2.05, 4.69) is 68.4 Å². The summed E-state index contributed by atoms with van der Waals surface area (Å²) >= 11 is 7.59. The number of unbranched alkanes of at least 4 members (excludes halogenated alkanes) is 3. The number of benzene rings is 1. The van der Waals surface area contributed by atoms with Crippen LogP contribution >= 0.6 is 23.4 Å². The van der Waals surface area contributed by atoms with Crippen molar-refractivity contribution in [2.24, 2.45) is 0 Å². The third-order valence-corrected chi connectivity index (χ3v) is 6.56. The van der Waals surface area contributed by atoms with E-state index in [1.165, 1.54) is 30.2 Å². The number of rotatable bonds is 12. The molecule has 0 atom stereocenters. The van der Waals surface area contributed by atoms with Gasteiger partial charge in [0, 0.05) is 45.3 Å². The van der Waals surface area contributed by atoms with Crippen molar-refractivity contribution in [2.45, 2.75) is 37.8 Å². The van der Waals surface area contributed by atoms with Gasteiger partial charge in [-0.2, -0.15) is 0 Å². The third kappa shape index (κ3) is 9.35. The van der Waals surface area contributed by atoms with Gasteiger partial charge in [0.25, 0.3) is 0 Å². The number of halogens is 1. The zero-order chi connectivity index (χ0) is 23.3. The van der Waals surface area contributed by atoms with Crippen molar-refractivity contribution in [1.29, 1.82) is 0 Å². The molecule has 1 N–H and O–H groups in total. The molecule has 6 nitrogen and oxygen atoms in total. The first-order chi connectivity index (χ1) is 16.1. The summed E-state index contributed by atoms with van der Waals surface area (Å²) in [5.74, 6) is 1.14. The maximum absolute atomic E-state index is 12.1. The first-order valence-electron chi connectivity index (χ1n) is 11.8. The smallest absolute Gasteiger partial charge is 0.230 e. The summed E-state index contributed by atoms with van der Waals surface area (Å²) in [4.78, 5) is 25.7. The number of nitrogens with zero attached hydrogens (tertiary/aromatic N) is 4. The average molecular weight is 488 g/mol. The van der Waals surface area contributed by atoms with Crippen LogP contribution in [0.4, 0.5) is 5.82 Å². The van der Waals surface area contributed by atoms with Crippen LogP contribution in [0.25, 0.3) is 6.08 Å². The highest BCUT2D eigenvalue weighted by molar-refractivity contribution is 7.99. The van der Waals surface area contributed by atoms with Gasteiger partial charge in [-0.05, 0) is 12.0 Å². The Morgan fingerprint density at radius 1 is 1.12 bits per heavy atom. The minimum atomic E-state index is 0.0128. The van der Waals surface area contributed by atoms with Crippen LogP contribution in [0.2, 0.25) is 5.15 Å². The molecule has 0 spiro atoms. The standard InChI is InChI=1S/C25H34ClN5OS/c1-2-3-4-8-13-27-24(32)20-33-25-28-22(26)19-23(29-25)31-17-15-30(16-18-31)14-9-12-21-10-6-5-7-11-21/h5-7,9-12,19H,2-4,8,13-18,20H2,1H3,(H,27,32). The number of carbonyl (C=O) groups excluding carboxylic acids is 1. The number of hydrogen-bond acceptors (Lipinski definition) is 6. The van der Waals surface area contributed by atoms with E-state index in [1.807, 2.05) is 12.1 Å². The average Bonchev–Trinajstić information content (AvgIpc) is 2.83. The topological polar surface area (TPSA) is 61.4 Å². The lowest BCUT2D eigenvalue weighted by Crippen LogP contribution is -2.46. The molecule has 0 aliphatic carbocycles. The van der Waals surface area contributed by atoms with Crippen molar-refractivity contribution >= 4 is 41.2 Å². The molecule has 0 bridgehead atoms. The highest BCUT2D eigenvalue weighted by Crippen LogP contribution is 2.22. The van der Waals surface area contributed by atoms with Gasteiger partial charge in [-0.3, -0.25) is 9.69 Å². The molecule has 0 radical (unpaired) electrons. The number of anilines is 1. The lowest BCUT2D eigenvalue weighted by molar-refractivity contribution is -0.118. The molecule has 33 heavy (non-hydrogen) atoms. The molecule has 1 aliphatic rings. The van der Waals surface area contributed by atoms with Gasteiger partial charge in [0.15, 0.2) is 5.16 Å². The van der Waals surface area contributed by atoms with Crippen LogP contribution in [0.3, 0.4) is 0 Å². The summed E-state index contributed by atoms with van der Waals surface area (Å²) in [6.45, 7) is 7.53.